The highest BCUT2D eigenvalue weighted by atomic mass is 35.5. The van der Waals surface area contributed by atoms with Crippen LogP contribution in [-0.2, 0) is 6.54 Å². The Bertz CT molecular complexity index is 791. The summed E-state index contributed by atoms with van der Waals surface area (Å²) in [5.74, 6) is -1.68. The van der Waals surface area contributed by atoms with Crippen LogP contribution < -0.4 is 10.1 Å². The molecule has 1 N–H and O–H groups in total. The molecule has 126 valence electrons. The predicted molar refractivity (Wildman–Crippen MR) is 87.2 cm³/mol. The van der Waals surface area contributed by atoms with Gasteiger partial charge in [0.15, 0.2) is 5.75 Å². The lowest BCUT2D eigenvalue weighted by atomic mass is 10.1. The fourth-order valence-corrected chi connectivity index (χ4v) is 2.71. The largest absolute Gasteiger partial charge is 0.494 e. The number of rotatable bonds is 5. The van der Waals surface area contributed by atoms with Gasteiger partial charge in [0.1, 0.15) is 0 Å². The molecule has 0 aliphatic heterocycles. The van der Waals surface area contributed by atoms with E-state index in [1.54, 1.807) is 0 Å². The minimum atomic E-state index is -1.19. The third kappa shape index (κ3) is 3.74. The molecule has 6 nitrogen and oxygen atoms in total. The smallest absolute Gasteiger partial charge is 0.305 e. The van der Waals surface area contributed by atoms with Crippen molar-refractivity contribution in [3.63, 3.8) is 0 Å². The Kier molecular flexibility index (Phi) is 5.58. The van der Waals surface area contributed by atoms with Crippen LogP contribution in [0.25, 0.3) is 0 Å². The molecule has 0 aliphatic rings. The van der Waals surface area contributed by atoms with Gasteiger partial charge in [0, 0.05) is 12.6 Å². The molecule has 2 aromatic rings. The molecule has 0 atom stereocenters. The van der Waals surface area contributed by atoms with Crippen molar-refractivity contribution in [3.8, 4) is 5.75 Å². The maximum absolute atomic E-state index is 14.0. The van der Waals surface area contributed by atoms with E-state index in [1.165, 1.54) is 25.3 Å². The predicted octanol–water partition coefficient (Wildman–Crippen LogP) is 3.98. The van der Waals surface area contributed by atoms with Crippen molar-refractivity contribution < 1.29 is 18.8 Å². The van der Waals surface area contributed by atoms with Gasteiger partial charge in [-0.05, 0) is 23.8 Å². The molecule has 2 rings (SSSR count). The molecule has 1 amide bonds. The van der Waals surface area contributed by atoms with E-state index < -0.39 is 27.9 Å². The average Bonchev–Trinajstić information content (AvgIpc) is 2.52. The minimum Gasteiger partial charge on any atom is -0.494 e. The maximum Gasteiger partial charge on any atom is 0.305 e. The van der Waals surface area contributed by atoms with E-state index in [1.807, 2.05) is 0 Å². The number of carbonyl (C=O) groups is 1. The van der Waals surface area contributed by atoms with Crippen LogP contribution >= 0.6 is 23.2 Å². The van der Waals surface area contributed by atoms with Gasteiger partial charge in [0.25, 0.3) is 5.91 Å². The summed E-state index contributed by atoms with van der Waals surface area (Å²) in [6.07, 6.45) is 0. The topological polar surface area (TPSA) is 81.5 Å². The highest BCUT2D eigenvalue weighted by molar-refractivity contribution is 6.37. The summed E-state index contributed by atoms with van der Waals surface area (Å²) >= 11 is 12.0. The number of ether oxygens (including phenoxy) is 1. The SMILES string of the molecule is COc1c(Cl)cc(CNC(=O)c2cccc([N+](=O)[O-])c2F)cc1Cl. The van der Waals surface area contributed by atoms with Crippen molar-refractivity contribution in [3.05, 3.63) is 67.4 Å². The van der Waals surface area contributed by atoms with Crippen molar-refractivity contribution in [1.29, 1.82) is 0 Å². The molecule has 0 saturated carbocycles. The molecule has 0 aromatic heterocycles. The number of halogens is 3. The molecule has 0 radical (unpaired) electrons. The van der Waals surface area contributed by atoms with Crippen LogP contribution in [0.15, 0.2) is 30.3 Å². The van der Waals surface area contributed by atoms with Crippen LogP contribution in [0.4, 0.5) is 10.1 Å². The van der Waals surface area contributed by atoms with Crippen LogP contribution in [0.1, 0.15) is 15.9 Å². The van der Waals surface area contributed by atoms with Gasteiger partial charge >= 0.3 is 5.69 Å². The number of methoxy groups -OCH3 is 1. The van der Waals surface area contributed by atoms with Gasteiger partial charge in [-0.1, -0.05) is 29.3 Å². The molecule has 9 heteroatoms. The van der Waals surface area contributed by atoms with E-state index in [2.05, 4.69) is 5.32 Å². The summed E-state index contributed by atoms with van der Waals surface area (Å²) < 4.78 is 19.0. The van der Waals surface area contributed by atoms with Crippen LogP contribution in [0.5, 0.6) is 5.75 Å². The molecular weight excluding hydrogens is 362 g/mol. The van der Waals surface area contributed by atoms with Gasteiger partial charge in [-0.15, -0.1) is 0 Å². The molecule has 0 spiro atoms. The van der Waals surface area contributed by atoms with E-state index in [0.29, 0.717) is 11.3 Å². The average molecular weight is 373 g/mol. The minimum absolute atomic E-state index is 0.00436. The first-order valence-corrected chi connectivity index (χ1v) is 7.33. The van der Waals surface area contributed by atoms with Crippen molar-refractivity contribution in [2.75, 3.05) is 7.11 Å². The first kappa shape index (κ1) is 18.0. The molecule has 2 aromatic carbocycles. The summed E-state index contributed by atoms with van der Waals surface area (Å²) in [7, 11) is 1.42. The van der Waals surface area contributed by atoms with Gasteiger partial charge < -0.3 is 10.1 Å². The third-order valence-electron chi connectivity index (χ3n) is 3.13. The number of benzene rings is 2. The van der Waals surface area contributed by atoms with Crippen LogP contribution in [-0.4, -0.2) is 17.9 Å². The second-order valence-corrected chi connectivity index (χ2v) is 5.49. The molecule has 0 fully saturated rings. The first-order chi connectivity index (χ1) is 11.3. The van der Waals surface area contributed by atoms with Gasteiger partial charge in [-0.2, -0.15) is 4.39 Å². The highest BCUT2D eigenvalue weighted by Crippen LogP contribution is 2.33. The van der Waals surface area contributed by atoms with Crippen molar-refractivity contribution >= 4 is 34.8 Å². The van der Waals surface area contributed by atoms with Crippen LogP contribution in [0, 0.1) is 15.9 Å². The summed E-state index contributed by atoms with van der Waals surface area (Å²) in [5.41, 5.74) is -0.627. The number of nitro groups is 1. The van der Waals surface area contributed by atoms with Crippen LogP contribution in [0.3, 0.4) is 0 Å². The number of hydrogen-bond acceptors (Lipinski definition) is 4. The van der Waals surface area contributed by atoms with E-state index in [-0.39, 0.29) is 16.6 Å². The summed E-state index contributed by atoms with van der Waals surface area (Å²) in [6, 6.07) is 6.45. The fourth-order valence-electron chi connectivity index (χ4n) is 2.02. The molecular formula is C15H11Cl2FN2O4. The Morgan fingerprint density at radius 3 is 2.50 bits per heavy atom. The zero-order valence-electron chi connectivity index (χ0n) is 12.3. The first-order valence-electron chi connectivity index (χ1n) is 6.58. The standard InChI is InChI=1S/C15H11Cl2FN2O4/c1-24-14-10(16)5-8(6-11(14)17)7-19-15(21)9-3-2-4-12(13(9)18)20(22)23/h2-6H,7H2,1H3,(H,19,21). The highest BCUT2D eigenvalue weighted by Gasteiger charge is 2.21. The normalized spacial score (nSPS) is 10.3. The number of hydrogen-bond donors (Lipinski definition) is 1. The molecule has 0 unspecified atom stereocenters. The molecule has 24 heavy (non-hydrogen) atoms. The van der Waals surface area contributed by atoms with Crippen LogP contribution in [0.2, 0.25) is 10.0 Å². The second kappa shape index (κ2) is 7.46. The fraction of sp³-hybridized carbons (Fsp3) is 0.133. The number of nitrogens with one attached hydrogen (secondary N) is 1. The number of carbonyl (C=O) groups excluding carboxylic acids is 1. The Hall–Kier alpha value is -2.38. The quantitative estimate of drug-likeness (QED) is 0.635. The Morgan fingerprint density at radius 1 is 1.33 bits per heavy atom. The van der Waals surface area contributed by atoms with E-state index in [0.717, 1.165) is 12.1 Å². The van der Waals surface area contributed by atoms with Crippen molar-refractivity contribution in [2.24, 2.45) is 0 Å². The lowest BCUT2D eigenvalue weighted by Crippen LogP contribution is -2.24. The number of amides is 1. The lowest BCUT2D eigenvalue weighted by molar-refractivity contribution is -0.387. The van der Waals surface area contributed by atoms with E-state index in [9.17, 15) is 19.3 Å². The summed E-state index contributed by atoms with van der Waals surface area (Å²) in [5, 5.41) is 13.7. The zero-order chi connectivity index (χ0) is 17.9. The van der Waals surface area contributed by atoms with E-state index in [4.69, 9.17) is 27.9 Å². The Labute approximate surface area is 146 Å². The molecule has 0 bridgehead atoms. The van der Waals surface area contributed by atoms with Gasteiger partial charge in [0.05, 0.1) is 27.6 Å². The Balaban J connectivity index is 2.17. The summed E-state index contributed by atoms with van der Waals surface area (Å²) in [4.78, 5) is 21.9. The molecule has 0 heterocycles. The molecule has 0 aliphatic carbocycles. The van der Waals surface area contributed by atoms with Gasteiger partial charge in [-0.3, -0.25) is 14.9 Å². The second-order valence-electron chi connectivity index (χ2n) is 4.67. The lowest BCUT2D eigenvalue weighted by Gasteiger charge is -2.10. The monoisotopic (exact) mass is 372 g/mol. The zero-order valence-corrected chi connectivity index (χ0v) is 13.8. The number of nitro benzene ring substituents is 1. The third-order valence-corrected chi connectivity index (χ3v) is 3.70. The van der Waals surface area contributed by atoms with Gasteiger partial charge in [0.2, 0.25) is 5.82 Å². The summed E-state index contributed by atoms with van der Waals surface area (Å²) in [6.45, 7) is 0.00436. The Morgan fingerprint density at radius 2 is 1.96 bits per heavy atom. The van der Waals surface area contributed by atoms with Crippen molar-refractivity contribution in [1.82, 2.24) is 5.32 Å². The van der Waals surface area contributed by atoms with Gasteiger partial charge in [-0.25, -0.2) is 0 Å². The maximum atomic E-state index is 14.0. The van der Waals surface area contributed by atoms with E-state index >= 15 is 0 Å². The number of nitrogens with zero attached hydrogens (tertiary/aromatic N) is 1. The van der Waals surface area contributed by atoms with Crippen molar-refractivity contribution in [2.45, 2.75) is 6.54 Å². The molecule has 0 saturated heterocycles.